The molecule has 0 aliphatic rings. The summed E-state index contributed by atoms with van der Waals surface area (Å²) in [5.74, 6) is 1.68. The molecule has 0 fully saturated rings. The van der Waals surface area contributed by atoms with Crippen LogP contribution in [0.1, 0.15) is 32.3 Å². The van der Waals surface area contributed by atoms with E-state index in [1.807, 2.05) is 39.8 Å². The number of furan rings is 1. The molecule has 1 aromatic rings. The molecule has 1 rings (SSSR count). The summed E-state index contributed by atoms with van der Waals surface area (Å²) >= 11 is 0. The van der Waals surface area contributed by atoms with Gasteiger partial charge in [0.25, 0.3) is 0 Å². The molecule has 0 aliphatic heterocycles. The lowest BCUT2D eigenvalue weighted by Gasteiger charge is -2.29. The van der Waals surface area contributed by atoms with Crippen molar-refractivity contribution < 1.29 is 13.9 Å². The van der Waals surface area contributed by atoms with Crippen molar-refractivity contribution >= 4 is 6.09 Å². The van der Waals surface area contributed by atoms with Gasteiger partial charge in [-0.1, -0.05) is 0 Å². The topological polar surface area (TPSA) is 68.7 Å². The first-order valence-corrected chi connectivity index (χ1v) is 6.44. The maximum absolute atomic E-state index is 12.0. The SMILES string of the molecule is Cc1ccc(CC(CN)N(C)C(=O)OC(C)(C)C)o1. The average Bonchev–Trinajstić information content (AvgIpc) is 2.68. The molecule has 0 bridgehead atoms. The van der Waals surface area contributed by atoms with Gasteiger partial charge in [0.2, 0.25) is 0 Å². The van der Waals surface area contributed by atoms with Gasteiger partial charge in [-0.3, -0.25) is 0 Å². The molecular weight excluding hydrogens is 244 g/mol. The van der Waals surface area contributed by atoms with Gasteiger partial charge in [-0.05, 0) is 39.8 Å². The Labute approximate surface area is 114 Å². The van der Waals surface area contributed by atoms with Crippen LogP contribution in [-0.2, 0) is 11.2 Å². The third-order valence-corrected chi connectivity index (χ3v) is 2.73. The maximum Gasteiger partial charge on any atom is 0.410 e. The van der Waals surface area contributed by atoms with Gasteiger partial charge >= 0.3 is 6.09 Å². The number of hydrogen-bond donors (Lipinski definition) is 1. The third kappa shape index (κ3) is 4.95. The van der Waals surface area contributed by atoms with Crippen molar-refractivity contribution in [2.24, 2.45) is 5.73 Å². The lowest BCUT2D eigenvalue weighted by Crippen LogP contribution is -2.45. The van der Waals surface area contributed by atoms with Crippen LogP contribution in [0.2, 0.25) is 0 Å². The van der Waals surface area contributed by atoms with Gasteiger partial charge in [-0.15, -0.1) is 0 Å². The largest absolute Gasteiger partial charge is 0.466 e. The Hall–Kier alpha value is -1.49. The van der Waals surface area contributed by atoms with Crippen molar-refractivity contribution in [1.82, 2.24) is 4.90 Å². The summed E-state index contributed by atoms with van der Waals surface area (Å²) in [6, 6.07) is 3.66. The van der Waals surface area contributed by atoms with E-state index < -0.39 is 5.60 Å². The molecule has 1 atom stereocenters. The highest BCUT2D eigenvalue weighted by molar-refractivity contribution is 5.68. The van der Waals surface area contributed by atoms with E-state index in [1.165, 1.54) is 4.90 Å². The molecule has 0 aromatic carbocycles. The van der Waals surface area contributed by atoms with Crippen LogP contribution in [0.4, 0.5) is 4.79 Å². The minimum Gasteiger partial charge on any atom is -0.466 e. The summed E-state index contributed by atoms with van der Waals surface area (Å²) in [4.78, 5) is 13.5. The summed E-state index contributed by atoms with van der Waals surface area (Å²) in [5.41, 5.74) is 5.23. The number of likely N-dealkylation sites (N-methyl/N-ethyl adjacent to an activating group) is 1. The van der Waals surface area contributed by atoms with E-state index in [2.05, 4.69) is 0 Å². The van der Waals surface area contributed by atoms with E-state index >= 15 is 0 Å². The Balaban J connectivity index is 2.66. The molecule has 108 valence electrons. The molecule has 5 heteroatoms. The summed E-state index contributed by atoms with van der Waals surface area (Å²) in [6.45, 7) is 7.76. The quantitative estimate of drug-likeness (QED) is 0.910. The van der Waals surface area contributed by atoms with Crippen LogP contribution in [0.25, 0.3) is 0 Å². The molecule has 19 heavy (non-hydrogen) atoms. The van der Waals surface area contributed by atoms with Crippen molar-refractivity contribution in [3.8, 4) is 0 Å². The molecule has 0 radical (unpaired) electrons. The van der Waals surface area contributed by atoms with E-state index in [1.54, 1.807) is 7.05 Å². The van der Waals surface area contributed by atoms with E-state index in [0.29, 0.717) is 13.0 Å². The Kier molecular flexibility index (Phi) is 5.00. The lowest BCUT2D eigenvalue weighted by molar-refractivity contribution is 0.0225. The van der Waals surface area contributed by atoms with Gasteiger partial charge in [0.1, 0.15) is 17.1 Å². The maximum atomic E-state index is 12.0. The van der Waals surface area contributed by atoms with Crippen molar-refractivity contribution in [1.29, 1.82) is 0 Å². The summed E-state index contributed by atoms with van der Waals surface area (Å²) in [6.07, 6.45) is 0.214. The van der Waals surface area contributed by atoms with Gasteiger partial charge in [0, 0.05) is 20.0 Å². The number of nitrogens with two attached hydrogens (primary N) is 1. The standard InChI is InChI=1S/C14H24N2O3/c1-10-6-7-12(18-10)8-11(9-15)16(5)13(17)19-14(2,3)4/h6-7,11H,8-9,15H2,1-5H3. The van der Waals surface area contributed by atoms with Crippen molar-refractivity contribution in [3.63, 3.8) is 0 Å². The molecule has 1 unspecified atom stereocenters. The molecule has 2 N–H and O–H groups in total. The van der Waals surface area contributed by atoms with Gasteiger partial charge in [0.15, 0.2) is 0 Å². The highest BCUT2D eigenvalue weighted by Crippen LogP contribution is 2.14. The first kappa shape index (κ1) is 15.6. The lowest BCUT2D eigenvalue weighted by atomic mass is 10.1. The van der Waals surface area contributed by atoms with Gasteiger partial charge in [-0.25, -0.2) is 4.79 Å². The first-order chi connectivity index (χ1) is 8.73. The number of carbonyl (C=O) groups is 1. The van der Waals surface area contributed by atoms with Gasteiger partial charge in [-0.2, -0.15) is 0 Å². The number of nitrogens with zero attached hydrogens (tertiary/aromatic N) is 1. The predicted molar refractivity (Wildman–Crippen MR) is 74.0 cm³/mol. The smallest absolute Gasteiger partial charge is 0.410 e. The zero-order valence-corrected chi connectivity index (χ0v) is 12.4. The summed E-state index contributed by atoms with van der Waals surface area (Å²) < 4.78 is 10.8. The Morgan fingerprint density at radius 3 is 2.53 bits per heavy atom. The highest BCUT2D eigenvalue weighted by atomic mass is 16.6. The van der Waals surface area contributed by atoms with E-state index in [4.69, 9.17) is 14.9 Å². The van der Waals surface area contributed by atoms with Crippen molar-refractivity contribution in [2.45, 2.75) is 45.8 Å². The molecular formula is C14H24N2O3. The van der Waals surface area contributed by atoms with Gasteiger partial charge in [0.05, 0.1) is 6.04 Å². The zero-order chi connectivity index (χ0) is 14.6. The fraction of sp³-hybridized carbons (Fsp3) is 0.643. The van der Waals surface area contributed by atoms with Crippen LogP contribution in [-0.4, -0.2) is 36.2 Å². The highest BCUT2D eigenvalue weighted by Gasteiger charge is 2.25. The molecule has 0 saturated heterocycles. The zero-order valence-electron chi connectivity index (χ0n) is 12.4. The molecule has 0 spiro atoms. The number of carbonyl (C=O) groups excluding carboxylic acids is 1. The Morgan fingerprint density at radius 1 is 1.47 bits per heavy atom. The average molecular weight is 268 g/mol. The summed E-state index contributed by atoms with van der Waals surface area (Å²) in [5, 5.41) is 0. The monoisotopic (exact) mass is 268 g/mol. The number of amides is 1. The molecule has 0 saturated carbocycles. The molecule has 0 aliphatic carbocycles. The number of aryl methyl sites for hydroxylation is 1. The fourth-order valence-corrected chi connectivity index (χ4v) is 1.69. The number of ether oxygens (including phenoxy) is 1. The molecule has 5 nitrogen and oxygen atoms in total. The van der Waals surface area contributed by atoms with Crippen LogP contribution >= 0.6 is 0 Å². The Bertz CT molecular complexity index is 421. The second-order valence-corrected chi connectivity index (χ2v) is 5.70. The minimum absolute atomic E-state index is 0.139. The van der Waals surface area contributed by atoms with Crippen molar-refractivity contribution in [2.75, 3.05) is 13.6 Å². The molecule has 1 aromatic heterocycles. The van der Waals surface area contributed by atoms with Crippen LogP contribution in [0.5, 0.6) is 0 Å². The van der Waals surface area contributed by atoms with Crippen LogP contribution < -0.4 is 5.73 Å². The second kappa shape index (κ2) is 6.10. The fourth-order valence-electron chi connectivity index (χ4n) is 1.69. The van der Waals surface area contributed by atoms with Crippen molar-refractivity contribution in [3.05, 3.63) is 23.7 Å². The summed E-state index contributed by atoms with van der Waals surface area (Å²) in [7, 11) is 1.70. The second-order valence-electron chi connectivity index (χ2n) is 5.70. The van der Waals surface area contributed by atoms with E-state index in [0.717, 1.165) is 11.5 Å². The van der Waals surface area contributed by atoms with E-state index in [-0.39, 0.29) is 12.1 Å². The molecule has 1 heterocycles. The first-order valence-electron chi connectivity index (χ1n) is 6.44. The number of rotatable bonds is 4. The molecule has 1 amide bonds. The number of hydrogen-bond acceptors (Lipinski definition) is 4. The van der Waals surface area contributed by atoms with Gasteiger partial charge < -0.3 is 19.8 Å². The van der Waals surface area contributed by atoms with Crippen LogP contribution in [0.15, 0.2) is 16.5 Å². The van der Waals surface area contributed by atoms with Crippen LogP contribution in [0.3, 0.4) is 0 Å². The van der Waals surface area contributed by atoms with E-state index in [9.17, 15) is 4.79 Å². The normalized spacial score (nSPS) is 13.2. The third-order valence-electron chi connectivity index (χ3n) is 2.73. The van der Waals surface area contributed by atoms with Crippen LogP contribution in [0, 0.1) is 6.92 Å². The predicted octanol–water partition coefficient (Wildman–Crippen LogP) is 2.32. The minimum atomic E-state index is -0.508. The Morgan fingerprint density at radius 2 is 2.11 bits per heavy atom.